The van der Waals surface area contributed by atoms with E-state index in [1.807, 2.05) is 6.08 Å². The van der Waals surface area contributed by atoms with Gasteiger partial charge in [-0.2, -0.15) is 5.10 Å². The molecule has 34 heavy (non-hydrogen) atoms. The van der Waals surface area contributed by atoms with Crippen molar-refractivity contribution < 1.29 is 0 Å². The molecule has 0 unspecified atom stereocenters. The topological polar surface area (TPSA) is 17.8 Å². The van der Waals surface area contributed by atoms with Crippen molar-refractivity contribution in [3.05, 3.63) is 104 Å². The molecule has 3 aromatic carbocycles. The van der Waals surface area contributed by atoms with Gasteiger partial charge in [-0.1, -0.05) is 129 Å². The summed E-state index contributed by atoms with van der Waals surface area (Å²) in [5.74, 6) is 0. The van der Waals surface area contributed by atoms with Gasteiger partial charge in [0.15, 0.2) is 0 Å². The minimum absolute atomic E-state index is 0.938. The highest BCUT2D eigenvalue weighted by Gasteiger charge is 2.21. The predicted octanol–water partition coefficient (Wildman–Crippen LogP) is 9.19. The molecular weight excluding hydrogens is 412 g/mol. The van der Waals surface area contributed by atoms with Gasteiger partial charge in [-0.15, -0.1) is 6.58 Å². The van der Waals surface area contributed by atoms with Gasteiger partial charge in [0, 0.05) is 23.2 Å². The van der Waals surface area contributed by atoms with Crippen LogP contribution in [-0.4, -0.2) is 9.78 Å². The van der Waals surface area contributed by atoms with E-state index in [0.717, 1.165) is 30.6 Å². The van der Waals surface area contributed by atoms with Crippen LogP contribution >= 0.6 is 0 Å². The highest BCUT2D eigenvalue weighted by molar-refractivity contribution is 5.91. The smallest absolute Gasteiger partial charge is 0.101 e. The van der Waals surface area contributed by atoms with Crippen LogP contribution < -0.4 is 0 Å². The SMILES string of the molecule is C=CCCCCCCCCCn1nc(-c2ccccc2)c(-c2ccccc2)c1-c1ccccc1. The first kappa shape index (κ1) is 23.8. The van der Waals surface area contributed by atoms with E-state index in [1.165, 1.54) is 60.9 Å². The van der Waals surface area contributed by atoms with Crippen molar-refractivity contribution in [3.63, 3.8) is 0 Å². The van der Waals surface area contributed by atoms with E-state index in [4.69, 9.17) is 5.10 Å². The van der Waals surface area contributed by atoms with E-state index < -0.39 is 0 Å². The lowest BCUT2D eigenvalue weighted by Crippen LogP contribution is -2.03. The van der Waals surface area contributed by atoms with E-state index in [1.54, 1.807) is 0 Å². The molecule has 2 nitrogen and oxygen atoms in total. The van der Waals surface area contributed by atoms with Gasteiger partial charge in [0.25, 0.3) is 0 Å². The number of hydrogen-bond acceptors (Lipinski definition) is 1. The van der Waals surface area contributed by atoms with Crippen LogP contribution in [-0.2, 0) is 6.54 Å². The molecular formula is C32H36N2. The normalized spacial score (nSPS) is 10.9. The molecule has 4 rings (SSSR count). The fourth-order valence-corrected chi connectivity index (χ4v) is 4.62. The second-order valence-corrected chi connectivity index (χ2v) is 8.95. The number of benzene rings is 3. The monoisotopic (exact) mass is 448 g/mol. The fourth-order valence-electron chi connectivity index (χ4n) is 4.62. The summed E-state index contributed by atoms with van der Waals surface area (Å²) in [7, 11) is 0. The van der Waals surface area contributed by atoms with Crippen molar-refractivity contribution in [2.75, 3.05) is 0 Å². The zero-order chi connectivity index (χ0) is 23.4. The Kier molecular flexibility index (Phi) is 8.90. The molecule has 4 aromatic rings. The minimum Gasteiger partial charge on any atom is -0.264 e. The highest BCUT2D eigenvalue weighted by Crippen LogP contribution is 2.40. The molecule has 0 saturated carbocycles. The molecule has 0 fully saturated rings. The van der Waals surface area contributed by atoms with Crippen molar-refractivity contribution in [2.45, 2.75) is 57.9 Å². The Morgan fingerprint density at radius 1 is 0.588 bits per heavy atom. The maximum Gasteiger partial charge on any atom is 0.101 e. The van der Waals surface area contributed by atoms with Crippen LogP contribution in [0.15, 0.2) is 104 Å². The summed E-state index contributed by atoms with van der Waals surface area (Å²) in [5.41, 5.74) is 7.10. The van der Waals surface area contributed by atoms with Gasteiger partial charge in [0.2, 0.25) is 0 Å². The third kappa shape index (κ3) is 6.14. The lowest BCUT2D eigenvalue weighted by Gasteiger charge is -2.11. The number of allylic oxidation sites excluding steroid dienone is 1. The first-order valence-electron chi connectivity index (χ1n) is 12.8. The Bertz CT molecular complexity index is 1130. The van der Waals surface area contributed by atoms with Gasteiger partial charge >= 0.3 is 0 Å². The van der Waals surface area contributed by atoms with Crippen molar-refractivity contribution >= 4 is 0 Å². The summed E-state index contributed by atoms with van der Waals surface area (Å²) in [6.45, 7) is 4.75. The number of hydrogen-bond donors (Lipinski definition) is 0. The van der Waals surface area contributed by atoms with E-state index in [9.17, 15) is 0 Å². The molecule has 0 aliphatic carbocycles. The quantitative estimate of drug-likeness (QED) is 0.147. The molecule has 0 atom stereocenters. The van der Waals surface area contributed by atoms with Crippen LogP contribution in [0.2, 0.25) is 0 Å². The lowest BCUT2D eigenvalue weighted by atomic mass is 9.96. The summed E-state index contributed by atoms with van der Waals surface area (Å²) >= 11 is 0. The van der Waals surface area contributed by atoms with E-state index in [2.05, 4.69) is 102 Å². The number of nitrogens with zero attached hydrogens (tertiary/aromatic N) is 2. The molecule has 0 N–H and O–H groups in total. The predicted molar refractivity (Wildman–Crippen MR) is 146 cm³/mol. The molecule has 0 spiro atoms. The van der Waals surface area contributed by atoms with Crippen LogP contribution in [0.4, 0.5) is 0 Å². The van der Waals surface area contributed by atoms with Gasteiger partial charge in [-0.3, -0.25) is 4.68 Å². The first-order chi connectivity index (χ1) is 16.9. The Labute approximate surface area is 205 Å². The van der Waals surface area contributed by atoms with Crippen molar-refractivity contribution in [2.24, 2.45) is 0 Å². The zero-order valence-electron chi connectivity index (χ0n) is 20.2. The molecule has 0 aliphatic heterocycles. The average Bonchev–Trinajstić information content (AvgIpc) is 3.29. The zero-order valence-corrected chi connectivity index (χ0v) is 20.2. The first-order valence-corrected chi connectivity index (χ1v) is 12.8. The van der Waals surface area contributed by atoms with E-state index >= 15 is 0 Å². The summed E-state index contributed by atoms with van der Waals surface area (Å²) in [4.78, 5) is 0. The molecule has 2 heteroatoms. The molecule has 0 aliphatic rings. The van der Waals surface area contributed by atoms with Crippen LogP contribution in [0.1, 0.15) is 51.4 Å². The van der Waals surface area contributed by atoms with Crippen molar-refractivity contribution in [1.29, 1.82) is 0 Å². The minimum atomic E-state index is 0.938. The molecule has 1 heterocycles. The summed E-state index contributed by atoms with van der Waals surface area (Å²) in [5, 5.41) is 5.21. The van der Waals surface area contributed by atoms with E-state index in [-0.39, 0.29) is 0 Å². The number of rotatable bonds is 13. The standard InChI is InChI=1S/C32H36N2/c1-2-3-4-5-6-7-8-9-19-26-34-32(29-24-17-12-18-25-29)30(27-20-13-10-14-21-27)31(33-34)28-22-15-11-16-23-28/h2,10-18,20-25H,1,3-9,19,26H2. The van der Waals surface area contributed by atoms with Crippen molar-refractivity contribution in [1.82, 2.24) is 9.78 Å². The lowest BCUT2D eigenvalue weighted by molar-refractivity contribution is 0.525. The molecule has 0 amide bonds. The number of aromatic nitrogens is 2. The van der Waals surface area contributed by atoms with Crippen LogP contribution in [0.5, 0.6) is 0 Å². The Morgan fingerprint density at radius 2 is 1.09 bits per heavy atom. The Hall–Kier alpha value is -3.39. The van der Waals surface area contributed by atoms with Crippen LogP contribution in [0, 0.1) is 0 Å². The maximum atomic E-state index is 5.21. The van der Waals surface area contributed by atoms with Gasteiger partial charge in [-0.05, 0) is 24.8 Å². The third-order valence-electron chi connectivity index (χ3n) is 6.39. The van der Waals surface area contributed by atoms with Crippen LogP contribution in [0.25, 0.3) is 33.6 Å². The molecule has 0 bridgehead atoms. The molecule has 1 aromatic heterocycles. The van der Waals surface area contributed by atoms with Crippen LogP contribution in [0.3, 0.4) is 0 Å². The number of unbranched alkanes of at least 4 members (excludes halogenated alkanes) is 7. The molecule has 0 radical (unpaired) electrons. The average molecular weight is 449 g/mol. The maximum absolute atomic E-state index is 5.21. The largest absolute Gasteiger partial charge is 0.264 e. The third-order valence-corrected chi connectivity index (χ3v) is 6.39. The second kappa shape index (κ2) is 12.7. The van der Waals surface area contributed by atoms with E-state index in [0.29, 0.717) is 0 Å². The second-order valence-electron chi connectivity index (χ2n) is 8.95. The molecule has 0 saturated heterocycles. The van der Waals surface area contributed by atoms with Gasteiger partial charge in [-0.25, -0.2) is 0 Å². The molecule has 174 valence electrons. The van der Waals surface area contributed by atoms with Gasteiger partial charge in [0.1, 0.15) is 5.69 Å². The Morgan fingerprint density at radius 3 is 1.68 bits per heavy atom. The fraction of sp³-hybridized carbons (Fsp3) is 0.281. The summed E-state index contributed by atoms with van der Waals surface area (Å²) < 4.78 is 2.25. The summed E-state index contributed by atoms with van der Waals surface area (Å²) in [6, 6.07) is 32.0. The van der Waals surface area contributed by atoms with Gasteiger partial charge in [0.05, 0.1) is 5.69 Å². The van der Waals surface area contributed by atoms with Crippen molar-refractivity contribution in [3.8, 4) is 33.6 Å². The van der Waals surface area contributed by atoms with Gasteiger partial charge < -0.3 is 0 Å². The highest BCUT2D eigenvalue weighted by atomic mass is 15.3. The summed E-state index contributed by atoms with van der Waals surface area (Å²) in [6.07, 6.45) is 12.1. The number of aryl methyl sites for hydroxylation is 1. The Balaban J connectivity index is 1.60.